The molecule has 0 amide bonds. The Bertz CT molecular complexity index is 474. The number of rotatable bonds is 4. The molecule has 2 N–H and O–H groups in total. The fourth-order valence-corrected chi connectivity index (χ4v) is 1.82. The second-order valence-corrected chi connectivity index (χ2v) is 4.26. The standard InChI is InChI=1S/C13H18N2O/c1-10(16)5-7-14-12-3-4-13-11(9-12)6-8-15(13)2/h3-4,6,8-10,14,16H,5,7H2,1-2H3. The van der Waals surface area contributed by atoms with E-state index in [1.165, 1.54) is 10.9 Å². The summed E-state index contributed by atoms with van der Waals surface area (Å²) in [5.41, 5.74) is 2.35. The van der Waals surface area contributed by atoms with E-state index in [9.17, 15) is 0 Å². The Balaban J connectivity index is 2.08. The lowest BCUT2D eigenvalue weighted by Gasteiger charge is -2.08. The minimum atomic E-state index is -0.243. The Kier molecular flexibility index (Phi) is 3.15. The van der Waals surface area contributed by atoms with E-state index in [1.807, 2.05) is 14.0 Å². The van der Waals surface area contributed by atoms with Gasteiger partial charge in [-0.25, -0.2) is 0 Å². The monoisotopic (exact) mass is 218 g/mol. The highest BCUT2D eigenvalue weighted by molar-refractivity contribution is 5.83. The van der Waals surface area contributed by atoms with Gasteiger partial charge in [-0.2, -0.15) is 0 Å². The van der Waals surface area contributed by atoms with Gasteiger partial charge < -0.3 is 15.0 Å². The maximum Gasteiger partial charge on any atom is 0.0528 e. The van der Waals surface area contributed by atoms with Gasteiger partial charge in [0.15, 0.2) is 0 Å². The van der Waals surface area contributed by atoms with Crippen molar-refractivity contribution in [3.63, 3.8) is 0 Å². The van der Waals surface area contributed by atoms with Crippen LogP contribution in [0.25, 0.3) is 10.9 Å². The fraction of sp³-hybridized carbons (Fsp3) is 0.385. The number of aryl methyl sites for hydroxylation is 1. The van der Waals surface area contributed by atoms with Crippen molar-refractivity contribution in [2.24, 2.45) is 7.05 Å². The zero-order valence-electron chi connectivity index (χ0n) is 9.77. The van der Waals surface area contributed by atoms with Gasteiger partial charge in [-0.1, -0.05) is 0 Å². The number of nitrogens with zero attached hydrogens (tertiary/aromatic N) is 1. The van der Waals surface area contributed by atoms with Gasteiger partial charge in [0.1, 0.15) is 0 Å². The molecular weight excluding hydrogens is 200 g/mol. The van der Waals surface area contributed by atoms with Gasteiger partial charge in [-0.15, -0.1) is 0 Å². The van der Waals surface area contributed by atoms with Gasteiger partial charge in [0.2, 0.25) is 0 Å². The average molecular weight is 218 g/mol. The van der Waals surface area contributed by atoms with Gasteiger partial charge in [-0.05, 0) is 37.6 Å². The van der Waals surface area contributed by atoms with E-state index in [-0.39, 0.29) is 6.10 Å². The normalized spacial score (nSPS) is 12.9. The van der Waals surface area contributed by atoms with E-state index in [4.69, 9.17) is 5.11 Å². The molecule has 0 radical (unpaired) electrons. The first-order valence-electron chi connectivity index (χ1n) is 5.64. The van der Waals surface area contributed by atoms with Gasteiger partial charge in [0.25, 0.3) is 0 Å². The largest absolute Gasteiger partial charge is 0.393 e. The Morgan fingerprint density at radius 2 is 2.19 bits per heavy atom. The van der Waals surface area contributed by atoms with Gasteiger partial charge >= 0.3 is 0 Å². The third-order valence-electron chi connectivity index (χ3n) is 2.78. The summed E-state index contributed by atoms with van der Waals surface area (Å²) in [6, 6.07) is 8.43. The number of aliphatic hydroxyl groups excluding tert-OH is 1. The Labute approximate surface area is 95.7 Å². The summed E-state index contributed by atoms with van der Waals surface area (Å²) in [6.45, 7) is 2.61. The van der Waals surface area contributed by atoms with Crippen LogP contribution in [0.4, 0.5) is 5.69 Å². The zero-order valence-corrected chi connectivity index (χ0v) is 9.77. The van der Waals surface area contributed by atoms with E-state index in [1.54, 1.807) is 0 Å². The highest BCUT2D eigenvalue weighted by Gasteiger charge is 2.00. The quantitative estimate of drug-likeness (QED) is 0.826. The topological polar surface area (TPSA) is 37.2 Å². The summed E-state index contributed by atoms with van der Waals surface area (Å²) in [6.07, 6.45) is 2.59. The first-order chi connectivity index (χ1) is 7.66. The molecule has 1 heterocycles. The lowest BCUT2D eigenvalue weighted by Crippen LogP contribution is -2.09. The maximum atomic E-state index is 9.16. The summed E-state index contributed by atoms with van der Waals surface area (Å²) in [5, 5.41) is 13.7. The Morgan fingerprint density at radius 3 is 2.94 bits per heavy atom. The number of benzene rings is 1. The van der Waals surface area contributed by atoms with Gasteiger partial charge in [0, 0.05) is 36.4 Å². The predicted molar refractivity (Wildman–Crippen MR) is 67.7 cm³/mol. The summed E-state index contributed by atoms with van der Waals surface area (Å²) in [7, 11) is 2.04. The van der Waals surface area contributed by atoms with E-state index >= 15 is 0 Å². The molecule has 86 valence electrons. The van der Waals surface area contributed by atoms with E-state index in [2.05, 4.69) is 40.3 Å². The molecule has 1 atom stereocenters. The van der Waals surface area contributed by atoms with Crippen LogP contribution in [-0.4, -0.2) is 22.3 Å². The second kappa shape index (κ2) is 4.58. The van der Waals surface area contributed by atoms with Crippen LogP contribution >= 0.6 is 0 Å². The van der Waals surface area contributed by atoms with E-state index in [0.717, 1.165) is 18.7 Å². The molecule has 0 spiro atoms. The molecule has 3 heteroatoms. The number of aliphatic hydroxyl groups is 1. The number of fused-ring (bicyclic) bond motifs is 1. The van der Waals surface area contributed by atoms with E-state index < -0.39 is 0 Å². The number of anilines is 1. The second-order valence-electron chi connectivity index (χ2n) is 4.26. The van der Waals surface area contributed by atoms with Crippen molar-refractivity contribution < 1.29 is 5.11 Å². The van der Waals surface area contributed by atoms with Gasteiger partial charge in [-0.3, -0.25) is 0 Å². The number of hydrogen-bond acceptors (Lipinski definition) is 2. The van der Waals surface area contributed by atoms with Crippen molar-refractivity contribution in [3.8, 4) is 0 Å². The summed E-state index contributed by atoms with van der Waals surface area (Å²) >= 11 is 0. The molecule has 2 aromatic rings. The smallest absolute Gasteiger partial charge is 0.0528 e. The molecule has 1 unspecified atom stereocenters. The average Bonchev–Trinajstić information content (AvgIpc) is 2.60. The van der Waals surface area contributed by atoms with Crippen LogP contribution in [0.2, 0.25) is 0 Å². The lowest BCUT2D eigenvalue weighted by atomic mass is 10.2. The molecule has 0 saturated heterocycles. The van der Waals surface area contributed by atoms with Crippen molar-refractivity contribution >= 4 is 16.6 Å². The molecule has 0 aliphatic rings. The van der Waals surface area contributed by atoms with Crippen molar-refractivity contribution in [3.05, 3.63) is 30.5 Å². The molecule has 16 heavy (non-hydrogen) atoms. The molecule has 3 nitrogen and oxygen atoms in total. The van der Waals surface area contributed by atoms with Crippen molar-refractivity contribution in [2.45, 2.75) is 19.4 Å². The van der Waals surface area contributed by atoms with E-state index in [0.29, 0.717) is 0 Å². The third-order valence-corrected chi connectivity index (χ3v) is 2.78. The fourth-order valence-electron chi connectivity index (χ4n) is 1.82. The third kappa shape index (κ3) is 2.36. The molecule has 1 aromatic carbocycles. The summed E-state index contributed by atoms with van der Waals surface area (Å²) in [4.78, 5) is 0. The SMILES string of the molecule is CC(O)CCNc1ccc2c(ccn2C)c1. The molecule has 0 aliphatic carbocycles. The van der Waals surface area contributed by atoms with Crippen LogP contribution in [-0.2, 0) is 7.05 Å². The highest BCUT2D eigenvalue weighted by Crippen LogP contribution is 2.19. The number of nitrogens with one attached hydrogen (secondary N) is 1. The first-order valence-corrected chi connectivity index (χ1v) is 5.64. The lowest BCUT2D eigenvalue weighted by molar-refractivity contribution is 0.189. The van der Waals surface area contributed by atoms with Crippen LogP contribution in [0.3, 0.4) is 0 Å². The molecule has 1 aromatic heterocycles. The van der Waals surface area contributed by atoms with Crippen LogP contribution in [0, 0.1) is 0 Å². The van der Waals surface area contributed by atoms with Crippen molar-refractivity contribution in [2.75, 3.05) is 11.9 Å². The predicted octanol–water partition coefficient (Wildman–Crippen LogP) is 2.36. The van der Waals surface area contributed by atoms with Crippen LogP contribution < -0.4 is 5.32 Å². The highest BCUT2D eigenvalue weighted by atomic mass is 16.3. The van der Waals surface area contributed by atoms with Crippen LogP contribution in [0.15, 0.2) is 30.5 Å². The molecule has 0 fully saturated rings. The Morgan fingerprint density at radius 1 is 1.38 bits per heavy atom. The zero-order chi connectivity index (χ0) is 11.5. The molecule has 0 bridgehead atoms. The molecule has 0 aliphatic heterocycles. The van der Waals surface area contributed by atoms with Gasteiger partial charge in [0.05, 0.1) is 6.10 Å². The first kappa shape index (κ1) is 11.0. The minimum Gasteiger partial charge on any atom is -0.393 e. The van der Waals surface area contributed by atoms with Crippen LogP contribution in [0.5, 0.6) is 0 Å². The number of aromatic nitrogens is 1. The molecular formula is C13H18N2O. The summed E-state index contributed by atoms with van der Waals surface area (Å²) in [5.74, 6) is 0. The molecule has 0 saturated carbocycles. The maximum absolute atomic E-state index is 9.16. The Hall–Kier alpha value is -1.48. The van der Waals surface area contributed by atoms with Crippen molar-refractivity contribution in [1.29, 1.82) is 0 Å². The van der Waals surface area contributed by atoms with Crippen LogP contribution in [0.1, 0.15) is 13.3 Å². The number of hydrogen-bond donors (Lipinski definition) is 2. The minimum absolute atomic E-state index is 0.243. The molecule has 2 rings (SSSR count). The van der Waals surface area contributed by atoms with Crippen molar-refractivity contribution in [1.82, 2.24) is 4.57 Å². The summed E-state index contributed by atoms with van der Waals surface area (Å²) < 4.78 is 2.11.